The van der Waals surface area contributed by atoms with Crippen LogP contribution in [-0.2, 0) is 16.6 Å². The van der Waals surface area contributed by atoms with Crippen LogP contribution in [0.25, 0.3) is 6.08 Å². The maximum atomic E-state index is 12.3. The number of aryl methyl sites for hydroxylation is 2. The number of ether oxygens (including phenoxy) is 1. The summed E-state index contributed by atoms with van der Waals surface area (Å²) in [6, 6.07) is 5.77. The van der Waals surface area contributed by atoms with E-state index in [0.717, 1.165) is 17.0 Å². The molecule has 0 radical (unpaired) electrons. The van der Waals surface area contributed by atoms with Crippen LogP contribution in [0, 0.1) is 25.2 Å². The van der Waals surface area contributed by atoms with Crippen molar-refractivity contribution in [2.24, 2.45) is 7.05 Å². The quantitative estimate of drug-likeness (QED) is 0.646. The number of aromatic nitrogens is 3. The van der Waals surface area contributed by atoms with Crippen molar-refractivity contribution in [2.45, 2.75) is 26.8 Å². The fraction of sp³-hybridized carbons (Fsp3) is 0.389. The summed E-state index contributed by atoms with van der Waals surface area (Å²) in [6.07, 6.45) is 3.33. The van der Waals surface area contributed by atoms with E-state index in [2.05, 4.69) is 21.9 Å². The first kappa shape index (κ1) is 18.5. The van der Waals surface area contributed by atoms with Crippen LogP contribution in [0.2, 0.25) is 0 Å². The first-order valence-electron chi connectivity index (χ1n) is 7.97. The van der Waals surface area contributed by atoms with Crippen LogP contribution in [0.5, 0.6) is 0 Å². The summed E-state index contributed by atoms with van der Waals surface area (Å²) in [5.41, 5.74) is 2.91. The third kappa shape index (κ3) is 4.17. The molecular weight excluding hydrogens is 318 g/mol. The third-order valence-corrected chi connectivity index (χ3v) is 3.99. The minimum atomic E-state index is -0.476. The second kappa shape index (κ2) is 7.81. The van der Waals surface area contributed by atoms with Crippen molar-refractivity contribution in [2.75, 3.05) is 19.0 Å². The van der Waals surface area contributed by atoms with Crippen molar-refractivity contribution < 1.29 is 9.53 Å². The van der Waals surface area contributed by atoms with Crippen LogP contribution < -0.4 is 5.32 Å². The minimum Gasteiger partial charge on any atom is -0.383 e. The Morgan fingerprint density at radius 3 is 2.80 bits per heavy atom. The van der Waals surface area contributed by atoms with Gasteiger partial charge in [-0.3, -0.25) is 9.48 Å². The van der Waals surface area contributed by atoms with Crippen LogP contribution >= 0.6 is 0 Å². The van der Waals surface area contributed by atoms with Crippen LogP contribution in [0.3, 0.4) is 0 Å². The van der Waals surface area contributed by atoms with E-state index in [4.69, 9.17) is 4.74 Å². The monoisotopic (exact) mass is 341 g/mol. The van der Waals surface area contributed by atoms with Gasteiger partial charge in [0, 0.05) is 37.8 Å². The number of methoxy groups -OCH3 is 1. The molecule has 7 heteroatoms. The molecule has 1 atom stereocenters. The zero-order valence-electron chi connectivity index (χ0n) is 15.2. The normalized spacial score (nSPS) is 12.7. The molecule has 1 N–H and O–H groups in total. The first-order chi connectivity index (χ1) is 11.9. The summed E-state index contributed by atoms with van der Waals surface area (Å²) in [7, 11) is 3.42. The lowest BCUT2D eigenvalue weighted by Gasteiger charge is -2.17. The summed E-state index contributed by atoms with van der Waals surface area (Å²) in [5.74, 6) is -0.0659. The van der Waals surface area contributed by atoms with Gasteiger partial charge in [-0.1, -0.05) is 0 Å². The van der Waals surface area contributed by atoms with Crippen LogP contribution in [0.4, 0.5) is 5.82 Å². The topological polar surface area (TPSA) is 84.9 Å². The van der Waals surface area contributed by atoms with Gasteiger partial charge in [0.1, 0.15) is 11.6 Å². The molecule has 2 rings (SSSR count). The van der Waals surface area contributed by atoms with Gasteiger partial charge in [-0.05, 0) is 38.5 Å². The van der Waals surface area contributed by atoms with Crippen molar-refractivity contribution in [3.05, 3.63) is 40.9 Å². The predicted octanol–water partition coefficient (Wildman–Crippen LogP) is 2.59. The van der Waals surface area contributed by atoms with Crippen molar-refractivity contribution >= 4 is 17.8 Å². The molecule has 0 saturated carbocycles. The van der Waals surface area contributed by atoms with Crippen LogP contribution in [-0.4, -0.2) is 34.0 Å². The summed E-state index contributed by atoms with van der Waals surface area (Å²) >= 11 is 0. The second-order valence-electron chi connectivity index (χ2n) is 6.00. The molecule has 0 aromatic carbocycles. The lowest BCUT2D eigenvalue weighted by molar-refractivity contribution is -0.112. The van der Waals surface area contributed by atoms with E-state index in [1.165, 1.54) is 0 Å². The van der Waals surface area contributed by atoms with Gasteiger partial charge in [-0.25, -0.2) is 0 Å². The van der Waals surface area contributed by atoms with E-state index >= 15 is 0 Å². The summed E-state index contributed by atoms with van der Waals surface area (Å²) in [4.78, 5) is 12.3. The largest absolute Gasteiger partial charge is 0.383 e. The smallest absolute Gasteiger partial charge is 0.267 e. The molecule has 0 fully saturated rings. The van der Waals surface area contributed by atoms with Gasteiger partial charge in [0.15, 0.2) is 5.82 Å². The Kier molecular flexibility index (Phi) is 5.78. The lowest BCUT2D eigenvalue weighted by Crippen LogP contribution is -2.14. The molecule has 2 aromatic rings. The molecule has 0 aliphatic rings. The Morgan fingerprint density at radius 1 is 1.52 bits per heavy atom. The Morgan fingerprint density at radius 2 is 2.24 bits per heavy atom. The average Bonchev–Trinajstić information content (AvgIpc) is 3.08. The van der Waals surface area contributed by atoms with E-state index in [1.54, 1.807) is 37.2 Å². The minimum absolute atomic E-state index is 0.0327. The van der Waals surface area contributed by atoms with Gasteiger partial charge >= 0.3 is 0 Å². The predicted molar refractivity (Wildman–Crippen MR) is 95.9 cm³/mol. The number of amides is 1. The Labute approximate surface area is 147 Å². The van der Waals surface area contributed by atoms with Crippen LogP contribution in [0.15, 0.2) is 23.9 Å². The van der Waals surface area contributed by atoms with Gasteiger partial charge < -0.3 is 14.6 Å². The third-order valence-electron chi connectivity index (χ3n) is 3.99. The van der Waals surface area contributed by atoms with E-state index in [-0.39, 0.29) is 11.6 Å². The highest BCUT2D eigenvalue weighted by Crippen LogP contribution is 2.23. The van der Waals surface area contributed by atoms with Crippen molar-refractivity contribution in [1.82, 2.24) is 14.3 Å². The summed E-state index contributed by atoms with van der Waals surface area (Å²) in [6.45, 7) is 6.62. The number of carbonyl (C=O) groups excluding carboxylic acids is 1. The lowest BCUT2D eigenvalue weighted by atomic mass is 10.1. The number of carbonyl (C=O) groups is 1. The Bertz CT molecular complexity index is 838. The maximum absolute atomic E-state index is 12.3. The van der Waals surface area contributed by atoms with Gasteiger partial charge in [-0.2, -0.15) is 10.4 Å². The van der Waals surface area contributed by atoms with E-state index in [1.807, 2.05) is 26.0 Å². The highest BCUT2D eigenvalue weighted by atomic mass is 16.5. The molecule has 2 aromatic heterocycles. The molecule has 0 aliphatic heterocycles. The average molecular weight is 341 g/mol. The highest BCUT2D eigenvalue weighted by molar-refractivity contribution is 6.09. The van der Waals surface area contributed by atoms with E-state index in [0.29, 0.717) is 12.4 Å². The second-order valence-corrected chi connectivity index (χ2v) is 6.00. The molecule has 132 valence electrons. The van der Waals surface area contributed by atoms with Gasteiger partial charge in [0.2, 0.25) is 0 Å². The molecule has 25 heavy (non-hydrogen) atoms. The molecule has 2 heterocycles. The van der Waals surface area contributed by atoms with Crippen LogP contribution in [0.1, 0.15) is 29.9 Å². The zero-order valence-corrected chi connectivity index (χ0v) is 15.2. The molecule has 7 nitrogen and oxygen atoms in total. The highest BCUT2D eigenvalue weighted by Gasteiger charge is 2.16. The fourth-order valence-electron chi connectivity index (χ4n) is 2.91. The van der Waals surface area contributed by atoms with Crippen molar-refractivity contribution in [3.8, 4) is 6.07 Å². The first-order valence-corrected chi connectivity index (χ1v) is 7.97. The molecule has 0 spiro atoms. The number of nitrogens with zero attached hydrogens (tertiary/aromatic N) is 4. The molecule has 0 saturated heterocycles. The maximum Gasteiger partial charge on any atom is 0.267 e. The molecule has 0 bridgehead atoms. The molecule has 0 aliphatic carbocycles. The summed E-state index contributed by atoms with van der Waals surface area (Å²) in [5, 5.41) is 16.1. The van der Waals surface area contributed by atoms with Crippen molar-refractivity contribution in [1.29, 1.82) is 5.26 Å². The van der Waals surface area contributed by atoms with Crippen molar-refractivity contribution in [3.63, 3.8) is 0 Å². The van der Waals surface area contributed by atoms with Gasteiger partial charge in [0.05, 0.1) is 12.6 Å². The van der Waals surface area contributed by atoms with E-state index in [9.17, 15) is 10.1 Å². The fourth-order valence-corrected chi connectivity index (χ4v) is 2.91. The zero-order chi connectivity index (χ0) is 18.6. The number of hydrogen-bond donors (Lipinski definition) is 1. The molecule has 0 unspecified atom stereocenters. The van der Waals surface area contributed by atoms with Gasteiger partial charge in [0.25, 0.3) is 5.91 Å². The standard InChI is InChI=1S/C18H23N5O2/c1-12-8-15(14(3)23(12)13(2)11-25-5)9-16(10-19)18(24)20-17-6-7-22(4)21-17/h6-9,13H,11H2,1-5H3,(H,20,21,24)/b16-9-/t13-/m1/s1. The SMILES string of the molecule is COC[C@@H](C)n1c(C)cc(/C=C(/C#N)C(=O)Nc2ccn(C)n2)c1C. The molecule has 1 amide bonds. The van der Waals surface area contributed by atoms with E-state index < -0.39 is 5.91 Å². The molecular formula is C18H23N5O2. The Balaban J connectivity index is 2.29. The number of nitrogens with one attached hydrogen (secondary N) is 1. The number of rotatable bonds is 6. The summed E-state index contributed by atoms with van der Waals surface area (Å²) < 4.78 is 8.94. The Hall–Kier alpha value is -2.85. The number of anilines is 1. The van der Waals surface area contributed by atoms with Gasteiger partial charge in [-0.15, -0.1) is 0 Å². The number of nitriles is 1. The number of hydrogen-bond acceptors (Lipinski definition) is 4.